The molecule has 0 saturated carbocycles. The third kappa shape index (κ3) is 4.67. The highest BCUT2D eigenvalue weighted by molar-refractivity contribution is 7.88. The van der Waals surface area contributed by atoms with Crippen LogP contribution in [0.5, 0.6) is 11.5 Å². The molecule has 0 radical (unpaired) electrons. The van der Waals surface area contributed by atoms with Gasteiger partial charge in [0.15, 0.2) is 11.5 Å². The fourth-order valence-electron chi connectivity index (χ4n) is 2.60. The van der Waals surface area contributed by atoms with E-state index in [9.17, 15) is 13.2 Å². The van der Waals surface area contributed by atoms with Gasteiger partial charge in [-0.3, -0.25) is 4.98 Å². The van der Waals surface area contributed by atoms with Crippen molar-refractivity contribution in [2.75, 3.05) is 14.2 Å². The van der Waals surface area contributed by atoms with Crippen LogP contribution in [0.2, 0.25) is 0 Å². The summed E-state index contributed by atoms with van der Waals surface area (Å²) in [7, 11) is -1.10. The maximum Gasteiger partial charge on any atom is 0.419 e. The minimum Gasteiger partial charge on any atom is -0.493 e. The molecule has 3 aromatic rings. The normalized spacial score (nSPS) is 11.2. The van der Waals surface area contributed by atoms with E-state index in [1.54, 1.807) is 24.3 Å². The first-order valence-electron chi connectivity index (χ1n) is 8.15. The van der Waals surface area contributed by atoms with Gasteiger partial charge in [0.25, 0.3) is 0 Å². The quantitative estimate of drug-likeness (QED) is 0.514. The van der Waals surface area contributed by atoms with E-state index >= 15 is 0 Å². The molecule has 1 amide bonds. The molecule has 0 atom stereocenters. The van der Waals surface area contributed by atoms with E-state index in [1.165, 1.54) is 31.5 Å². The molecule has 0 bridgehead atoms. The van der Waals surface area contributed by atoms with Gasteiger partial charge >= 0.3 is 16.3 Å². The van der Waals surface area contributed by atoms with Gasteiger partial charge in [-0.2, -0.15) is 13.1 Å². The predicted molar refractivity (Wildman–Crippen MR) is 103 cm³/mol. The van der Waals surface area contributed by atoms with Crippen molar-refractivity contribution in [3.05, 3.63) is 42.5 Å². The Kier molecular flexibility index (Phi) is 5.75. The molecule has 0 aliphatic carbocycles. The summed E-state index contributed by atoms with van der Waals surface area (Å²) in [6.45, 7) is -0.182. The van der Waals surface area contributed by atoms with Crippen LogP contribution in [-0.4, -0.2) is 48.8 Å². The molecular weight excluding hydrogens is 402 g/mol. The lowest BCUT2D eigenvalue weighted by atomic mass is 10.1. The number of nitrogens with zero attached hydrogens (tertiary/aromatic N) is 3. The largest absolute Gasteiger partial charge is 0.493 e. The van der Waals surface area contributed by atoms with Crippen molar-refractivity contribution in [2.45, 2.75) is 6.54 Å². The second-order valence-corrected chi connectivity index (χ2v) is 7.22. The maximum absolute atomic E-state index is 11.5. The average molecular weight is 419 g/mol. The van der Waals surface area contributed by atoms with Crippen molar-refractivity contribution >= 4 is 27.2 Å². The summed E-state index contributed by atoms with van der Waals surface area (Å²) in [6.07, 6.45) is 1.28. The summed E-state index contributed by atoms with van der Waals surface area (Å²) in [6, 6.07) is 6.83. The lowest BCUT2D eigenvalue weighted by Crippen LogP contribution is -2.39. The van der Waals surface area contributed by atoms with Crippen LogP contribution in [0.4, 0.5) is 4.79 Å². The van der Waals surface area contributed by atoms with Gasteiger partial charge in [-0.1, -0.05) is 0 Å². The van der Waals surface area contributed by atoms with Crippen molar-refractivity contribution in [3.8, 4) is 22.8 Å². The van der Waals surface area contributed by atoms with Gasteiger partial charge in [0, 0.05) is 23.2 Å². The van der Waals surface area contributed by atoms with Gasteiger partial charge in [-0.05, 0) is 18.2 Å². The zero-order chi connectivity index (χ0) is 21.0. The van der Waals surface area contributed by atoms with Crippen LogP contribution in [0.25, 0.3) is 22.2 Å². The molecule has 12 heteroatoms. The first-order chi connectivity index (χ1) is 13.8. The molecule has 2 heterocycles. The number of pyridine rings is 1. The molecule has 2 aromatic heterocycles. The Morgan fingerprint density at radius 3 is 2.45 bits per heavy atom. The van der Waals surface area contributed by atoms with E-state index in [0.29, 0.717) is 34.0 Å². The Hall–Kier alpha value is -3.51. The van der Waals surface area contributed by atoms with Crippen LogP contribution in [0.3, 0.4) is 0 Å². The van der Waals surface area contributed by atoms with Gasteiger partial charge < -0.3 is 14.6 Å². The van der Waals surface area contributed by atoms with Crippen molar-refractivity contribution < 1.29 is 27.8 Å². The fourth-order valence-corrected chi connectivity index (χ4v) is 3.24. The summed E-state index contributed by atoms with van der Waals surface area (Å²) in [5.74, 6) is 1.07. The lowest BCUT2D eigenvalue weighted by Gasteiger charge is -2.11. The van der Waals surface area contributed by atoms with Crippen molar-refractivity contribution in [2.24, 2.45) is 0 Å². The Balaban J connectivity index is 1.88. The number of amides is 1. The number of carboxylic acid groups (broad SMARTS) is 1. The monoisotopic (exact) mass is 419 g/mol. The minimum absolute atomic E-state index is 0.182. The summed E-state index contributed by atoms with van der Waals surface area (Å²) in [5.41, 5.74) is 2.34. The molecule has 0 aliphatic heterocycles. The molecule has 152 valence electrons. The summed E-state index contributed by atoms with van der Waals surface area (Å²) >= 11 is 0. The zero-order valence-corrected chi connectivity index (χ0v) is 16.2. The smallest absolute Gasteiger partial charge is 0.419 e. The number of aromatic nitrogens is 3. The molecule has 0 spiro atoms. The second-order valence-electron chi connectivity index (χ2n) is 5.72. The number of fused-ring (bicyclic) bond motifs is 1. The third-order valence-electron chi connectivity index (χ3n) is 3.90. The second kappa shape index (κ2) is 8.24. The number of hydrogen-bond donors (Lipinski definition) is 3. The minimum atomic E-state index is -4.17. The van der Waals surface area contributed by atoms with Crippen molar-refractivity contribution in [3.63, 3.8) is 0 Å². The average Bonchev–Trinajstić information content (AvgIpc) is 2.70. The molecule has 0 fully saturated rings. The summed E-state index contributed by atoms with van der Waals surface area (Å²) in [4.78, 5) is 23.2. The van der Waals surface area contributed by atoms with E-state index in [-0.39, 0.29) is 6.54 Å². The first kappa shape index (κ1) is 20.2. The topological polar surface area (TPSA) is 153 Å². The van der Waals surface area contributed by atoms with Gasteiger partial charge in [0.05, 0.1) is 37.7 Å². The zero-order valence-electron chi connectivity index (χ0n) is 15.4. The molecule has 3 rings (SSSR count). The lowest BCUT2D eigenvalue weighted by molar-refractivity contribution is 0.201. The van der Waals surface area contributed by atoms with Crippen LogP contribution in [0, 0.1) is 0 Å². The van der Waals surface area contributed by atoms with E-state index in [1.807, 2.05) is 0 Å². The first-order valence-corrected chi connectivity index (χ1v) is 9.63. The van der Waals surface area contributed by atoms with Crippen LogP contribution in [-0.2, 0) is 16.8 Å². The summed E-state index contributed by atoms with van der Waals surface area (Å²) < 4.78 is 37.1. The van der Waals surface area contributed by atoms with Gasteiger partial charge in [-0.15, -0.1) is 0 Å². The number of benzene rings is 1. The van der Waals surface area contributed by atoms with E-state index < -0.39 is 16.3 Å². The number of methoxy groups -OCH3 is 2. The predicted octanol–water partition coefficient (Wildman–Crippen LogP) is 1.31. The fraction of sp³-hybridized carbons (Fsp3) is 0.176. The van der Waals surface area contributed by atoms with E-state index in [0.717, 1.165) is 5.39 Å². The summed E-state index contributed by atoms with van der Waals surface area (Å²) in [5, 5.41) is 9.22. The molecule has 29 heavy (non-hydrogen) atoms. The number of nitrogens with one attached hydrogen (secondary N) is 2. The van der Waals surface area contributed by atoms with Crippen molar-refractivity contribution in [1.29, 1.82) is 0 Å². The van der Waals surface area contributed by atoms with Crippen LogP contribution in [0.1, 0.15) is 5.69 Å². The molecular formula is C17H17N5O6S. The molecule has 0 aliphatic rings. The molecule has 3 N–H and O–H groups in total. The number of carbonyl (C=O) groups is 1. The van der Waals surface area contributed by atoms with E-state index in [4.69, 9.17) is 14.6 Å². The van der Waals surface area contributed by atoms with E-state index in [2.05, 4.69) is 19.7 Å². The van der Waals surface area contributed by atoms with Crippen LogP contribution in [0.15, 0.2) is 36.8 Å². The number of ether oxygens (including phenoxy) is 2. The number of hydrogen-bond acceptors (Lipinski definition) is 8. The van der Waals surface area contributed by atoms with Crippen LogP contribution < -0.4 is 18.9 Å². The molecule has 1 aromatic carbocycles. The SMILES string of the molecule is COc1cc2ncnc(-c3ccc(CNS(=O)(=O)NC(=O)O)nc3)c2cc1OC. The Morgan fingerprint density at radius 1 is 1.10 bits per heavy atom. The highest BCUT2D eigenvalue weighted by atomic mass is 32.2. The molecule has 0 unspecified atom stereocenters. The Bertz CT molecular complexity index is 1150. The standard InChI is InChI=1S/C17H17N5O6S/c1-27-14-5-12-13(6-15(14)28-2)19-9-20-16(12)10-3-4-11(18-7-10)8-21-29(25,26)22-17(23)24/h3-7,9,21-22H,8H2,1-2H3,(H,23,24). The van der Waals surface area contributed by atoms with Crippen LogP contribution >= 0.6 is 0 Å². The van der Waals surface area contributed by atoms with Gasteiger partial charge in [0.2, 0.25) is 0 Å². The third-order valence-corrected chi connectivity index (χ3v) is 4.87. The molecule has 11 nitrogen and oxygen atoms in total. The number of rotatable bonds is 7. The van der Waals surface area contributed by atoms with Gasteiger partial charge in [0.1, 0.15) is 6.33 Å². The Morgan fingerprint density at radius 2 is 1.83 bits per heavy atom. The van der Waals surface area contributed by atoms with Gasteiger partial charge in [-0.25, -0.2) is 19.5 Å². The highest BCUT2D eigenvalue weighted by Gasteiger charge is 2.14. The Labute approximate surface area is 165 Å². The highest BCUT2D eigenvalue weighted by Crippen LogP contribution is 2.34. The maximum atomic E-state index is 11.5. The molecule has 0 saturated heterocycles. The van der Waals surface area contributed by atoms with Crippen molar-refractivity contribution in [1.82, 2.24) is 24.4 Å².